The Balaban J connectivity index is 1.64. The summed E-state index contributed by atoms with van der Waals surface area (Å²) in [4.78, 5) is 30.6. The molecule has 0 fully saturated rings. The van der Waals surface area contributed by atoms with E-state index < -0.39 is 6.04 Å². The first-order valence-electron chi connectivity index (χ1n) is 13.1. The highest BCUT2D eigenvalue weighted by molar-refractivity contribution is 6.00. The van der Waals surface area contributed by atoms with Crippen molar-refractivity contribution in [2.75, 3.05) is 11.4 Å². The van der Waals surface area contributed by atoms with Crippen molar-refractivity contribution in [2.24, 2.45) is 0 Å². The van der Waals surface area contributed by atoms with Crippen molar-refractivity contribution in [2.45, 2.75) is 71.4 Å². The Hall–Kier alpha value is -3.41. The maximum Gasteiger partial charge on any atom is 0.247 e. The maximum absolute atomic E-state index is 14.0. The van der Waals surface area contributed by atoms with Gasteiger partial charge in [0.1, 0.15) is 18.4 Å². The van der Waals surface area contributed by atoms with Gasteiger partial charge in [0.15, 0.2) is 0 Å². The van der Waals surface area contributed by atoms with Crippen LogP contribution in [0, 0.1) is 5.82 Å². The number of anilines is 1. The molecule has 5 nitrogen and oxygen atoms in total. The first-order valence-corrected chi connectivity index (χ1v) is 13.1. The van der Waals surface area contributed by atoms with Crippen molar-refractivity contribution in [3.63, 3.8) is 0 Å². The van der Waals surface area contributed by atoms with Crippen molar-refractivity contribution in [1.82, 2.24) is 9.47 Å². The summed E-state index contributed by atoms with van der Waals surface area (Å²) in [5, 5.41) is 0. The van der Waals surface area contributed by atoms with Crippen LogP contribution in [0.5, 0.6) is 0 Å². The predicted octanol–water partition coefficient (Wildman–Crippen LogP) is 6.65. The van der Waals surface area contributed by atoms with Crippen LogP contribution < -0.4 is 4.90 Å². The molecule has 3 aromatic rings. The van der Waals surface area contributed by atoms with Crippen LogP contribution in [0.25, 0.3) is 5.69 Å². The first-order chi connectivity index (χ1) is 17.4. The zero-order valence-electron chi connectivity index (χ0n) is 21.5. The Morgan fingerprint density at radius 3 is 2.31 bits per heavy atom. The van der Waals surface area contributed by atoms with Gasteiger partial charge in [0, 0.05) is 18.7 Å². The second-order valence-corrected chi connectivity index (χ2v) is 9.79. The Labute approximate surface area is 213 Å². The number of carbonyl (C=O) groups is 2. The fraction of sp³-hybridized carbons (Fsp3) is 0.400. The summed E-state index contributed by atoms with van der Waals surface area (Å²) in [6.45, 7) is 6.08. The van der Waals surface area contributed by atoms with Crippen molar-refractivity contribution in [3.8, 4) is 5.69 Å². The molecule has 1 aliphatic heterocycles. The van der Waals surface area contributed by atoms with Crippen LogP contribution in [0.1, 0.15) is 76.6 Å². The number of benzene rings is 2. The number of fused-ring (bicyclic) bond motifs is 3. The number of hydrogen-bond acceptors (Lipinski definition) is 2. The zero-order chi connectivity index (χ0) is 25.7. The van der Waals surface area contributed by atoms with Crippen LogP contribution in [0.15, 0.2) is 66.9 Å². The number of aromatic nitrogens is 1. The second kappa shape index (κ2) is 11.5. The van der Waals surface area contributed by atoms with Crippen LogP contribution in [-0.4, -0.2) is 33.9 Å². The first kappa shape index (κ1) is 25.7. The van der Waals surface area contributed by atoms with Gasteiger partial charge in [-0.05, 0) is 62.2 Å². The second-order valence-electron chi connectivity index (χ2n) is 9.79. The van der Waals surface area contributed by atoms with Gasteiger partial charge in [-0.25, -0.2) is 4.39 Å². The smallest absolute Gasteiger partial charge is 0.247 e. The number of nitrogens with zero attached hydrogens (tertiary/aromatic N) is 3. The summed E-state index contributed by atoms with van der Waals surface area (Å²) in [5.74, 6) is -0.460. The van der Waals surface area contributed by atoms with Crippen LogP contribution in [-0.2, 0) is 9.59 Å². The third-order valence-electron chi connectivity index (χ3n) is 6.92. The summed E-state index contributed by atoms with van der Waals surface area (Å²) >= 11 is 0. The molecule has 36 heavy (non-hydrogen) atoms. The highest BCUT2D eigenvalue weighted by Crippen LogP contribution is 2.42. The van der Waals surface area contributed by atoms with Gasteiger partial charge in [-0.15, -0.1) is 0 Å². The van der Waals surface area contributed by atoms with E-state index in [1.807, 2.05) is 56.4 Å². The predicted molar refractivity (Wildman–Crippen MR) is 142 cm³/mol. The van der Waals surface area contributed by atoms with E-state index in [-0.39, 0.29) is 30.2 Å². The molecule has 1 aromatic heterocycles. The van der Waals surface area contributed by atoms with E-state index in [4.69, 9.17) is 0 Å². The summed E-state index contributed by atoms with van der Waals surface area (Å²) in [7, 11) is 0. The number of hydrogen-bond donors (Lipinski definition) is 0. The fourth-order valence-corrected chi connectivity index (χ4v) is 5.03. The van der Waals surface area contributed by atoms with Crippen molar-refractivity contribution >= 4 is 17.5 Å². The highest BCUT2D eigenvalue weighted by Gasteiger charge is 2.37. The van der Waals surface area contributed by atoms with Gasteiger partial charge in [-0.2, -0.15) is 0 Å². The molecule has 1 aliphatic rings. The van der Waals surface area contributed by atoms with Crippen LogP contribution >= 0.6 is 0 Å². The normalized spacial score (nSPS) is 14.5. The minimum Gasteiger partial charge on any atom is -0.331 e. The van der Waals surface area contributed by atoms with Gasteiger partial charge in [0.05, 0.1) is 17.1 Å². The number of para-hydroxylation sites is 2. The Morgan fingerprint density at radius 1 is 0.917 bits per heavy atom. The van der Waals surface area contributed by atoms with E-state index in [0.717, 1.165) is 48.3 Å². The van der Waals surface area contributed by atoms with Crippen molar-refractivity contribution < 1.29 is 14.0 Å². The average Bonchev–Trinajstić information content (AvgIpc) is 3.36. The molecule has 2 amide bonds. The van der Waals surface area contributed by atoms with Crippen molar-refractivity contribution in [3.05, 3.63) is 83.9 Å². The van der Waals surface area contributed by atoms with E-state index in [0.29, 0.717) is 6.42 Å². The van der Waals surface area contributed by atoms with E-state index in [2.05, 4.69) is 11.5 Å². The molecule has 190 valence electrons. The molecular formula is C30H36FN3O2. The molecule has 0 N–H and O–H groups in total. The third kappa shape index (κ3) is 5.38. The standard InChI is InChI=1S/C30H36FN3O2/c1-4-5-6-7-8-15-28(35)33(22(2)3)21-29(36)34-26-13-10-9-12-25(26)32-20-11-14-27(32)30(34)23-16-18-24(31)19-17-23/h9-14,16-20,22,30H,4-8,15,21H2,1-3H3. The van der Waals surface area contributed by atoms with Crippen LogP contribution in [0.3, 0.4) is 0 Å². The lowest BCUT2D eigenvalue weighted by Crippen LogP contribution is -2.48. The lowest BCUT2D eigenvalue weighted by Gasteiger charge is -2.40. The quantitative estimate of drug-likeness (QED) is 0.299. The minimum atomic E-state index is -0.429. The Kier molecular flexibility index (Phi) is 8.24. The molecule has 2 aromatic carbocycles. The number of rotatable bonds is 10. The summed E-state index contributed by atoms with van der Waals surface area (Å²) in [5.41, 5.74) is 3.42. The molecule has 1 unspecified atom stereocenters. The zero-order valence-corrected chi connectivity index (χ0v) is 21.5. The summed E-state index contributed by atoms with van der Waals surface area (Å²) in [6.07, 6.45) is 7.79. The molecule has 0 aliphatic carbocycles. The minimum absolute atomic E-state index is 0.00179. The molecule has 0 saturated heterocycles. The molecular weight excluding hydrogens is 453 g/mol. The van der Waals surface area contributed by atoms with Gasteiger partial charge >= 0.3 is 0 Å². The van der Waals surface area contributed by atoms with E-state index in [1.165, 1.54) is 18.6 Å². The molecule has 4 rings (SSSR count). The van der Waals surface area contributed by atoms with Gasteiger partial charge in [0.25, 0.3) is 0 Å². The van der Waals surface area contributed by atoms with Gasteiger partial charge in [-0.3, -0.25) is 14.5 Å². The van der Waals surface area contributed by atoms with E-state index in [1.54, 1.807) is 21.9 Å². The highest BCUT2D eigenvalue weighted by atomic mass is 19.1. The summed E-state index contributed by atoms with van der Waals surface area (Å²) in [6, 6.07) is 17.5. The van der Waals surface area contributed by atoms with E-state index in [9.17, 15) is 14.0 Å². The Morgan fingerprint density at radius 2 is 1.61 bits per heavy atom. The third-order valence-corrected chi connectivity index (χ3v) is 6.92. The molecule has 1 atom stereocenters. The van der Waals surface area contributed by atoms with Gasteiger partial charge in [0.2, 0.25) is 11.8 Å². The molecule has 6 heteroatoms. The Bertz CT molecular complexity index is 1180. The largest absolute Gasteiger partial charge is 0.331 e. The topological polar surface area (TPSA) is 45.6 Å². The van der Waals surface area contributed by atoms with Gasteiger partial charge in [-0.1, -0.05) is 56.9 Å². The fourth-order valence-electron chi connectivity index (χ4n) is 5.03. The lowest BCUT2D eigenvalue weighted by molar-refractivity contribution is -0.137. The van der Waals surface area contributed by atoms with Crippen LogP contribution in [0.2, 0.25) is 0 Å². The molecule has 0 radical (unpaired) electrons. The van der Waals surface area contributed by atoms with Crippen LogP contribution in [0.4, 0.5) is 10.1 Å². The number of halogens is 1. The average molecular weight is 490 g/mol. The SMILES string of the molecule is CCCCCCCC(=O)N(CC(=O)N1c2ccccc2-n2cccc2C1c1ccc(F)cc1)C(C)C. The maximum atomic E-state index is 14.0. The summed E-state index contributed by atoms with van der Waals surface area (Å²) < 4.78 is 15.9. The number of carbonyl (C=O) groups excluding carboxylic acids is 2. The monoisotopic (exact) mass is 489 g/mol. The molecule has 0 bridgehead atoms. The molecule has 2 heterocycles. The van der Waals surface area contributed by atoms with Gasteiger partial charge < -0.3 is 9.47 Å². The lowest BCUT2D eigenvalue weighted by atomic mass is 9.97. The molecule has 0 saturated carbocycles. The number of amides is 2. The van der Waals surface area contributed by atoms with Crippen molar-refractivity contribution in [1.29, 1.82) is 0 Å². The number of unbranched alkanes of at least 4 members (excludes halogenated alkanes) is 4. The molecule has 0 spiro atoms. The van der Waals surface area contributed by atoms with E-state index >= 15 is 0 Å².